The number of rotatable bonds is 7. The van der Waals surface area contributed by atoms with Crippen LogP contribution in [0.25, 0.3) is 0 Å². The Kier molecular flexibility index (Phi) is 5.81. The van der Waals surface area contributed by atoms with E-state index in [4.69, 9.17) is 10.5 Å². The molecule has 6 nitrogen and oxygen atoms in total. The number of ketones is 1. The number of halogens is 1. The van der Waals surface area contributed by atoms with Crippen LogP contribution >= 0.6 is 11.3 Å². The van der Waals surface area contributed by atoms with Crippen molar-refractivity contribution < 1.29 is 23.5 Å². The Labute approximate surface area is 181 Å². The summed E-state index contributed by atoms with van der Waals surface area (Å²) in [4.78, 5) is 37.6. The lowest BCUT2D eigenvalue weighted by Gasteiger charge is -2.09. The summed E-state index contributed by atoms with van der Waals surface area (Å²) in [6, 6.07) is 11.6. The van der Waals surface area contributed by atoms with E-state index in [1.54, 1.807) is 24.3 Å². The van der Waals surface area contributed by atoms with Crippen LogP contribution in [0, 0.1) is 5.82 Å². The standard InChI is InChI=1S/C23H19FN2O4S/c24-15-8-4-13(5-9-15)21(28)14-6-10-16(11-7-14)30-12-19(27)26-23-20(22(25)29)17-2-1-3-18(17)31-23/h4-11H,1-3,12H2,(H2,25,29)(H,26,27). The Bertz CT molecular complexity index is 1150. The molecule has 0 bridgehead atoms. The average molecular weight is 438 g/mol. The van der Waals surface area contributed by atoms with Crippen molar-refractivity contribution in [2.75, 3.05) is 11.9 Å². The number of carbonyl (C=O) groups excluding carboxylic acids is 3. The van der Waals surface area contributed by atoms with Crippen LogP contribution in [0.3, 0.4) is 0 Å². The number of hydrogen-bond donors (Lipinski definition) is 2. The number of hydrogen-bond acceptors (Lipinski definition) is 5. The number of anilines is 1. The van der Waals surface area contributed by atoms with E-state index in [-0.39, 0.29) is 12.4 Å². The lowest BCUT2D eigenvalue weighted by atomic mass is 10.0. The van der Waals surface area contributed by atoms with Gasteiger partial charge in [0, 0.05) is 16.0 Å². The van der Waals surface area contributed by atoms with Gasteiger partial charge in [-0.15, -0.1) is 11.3 Å². The molecule has 0 radical (unpaired) electrons. The normalized spacial score (nSPS) is 12.3. The molecular formula is C23H19FN2O4S. The maximum Gasteiger partial charge on any atom is 0.262 e. The van der Waals surface area contributed by atoms with E-state index < -0.39 is 17.6 Å². The van der Waals surface area contributed by atoms with E-state index in [1.807, 2.05) is 0 Å². The number of nitrogens with two attached hydrogens (primary N) is 1. The second-order valence-electron chi connectivity index (χ2n) is 7.12. The van der Waals surface area contributed by atoms with Gasteiger partial charge in [-0.3, -0.25) is 14.4 Å². The first kappa shape index (κ1) is 20.7. The van der Waals surface area contributed by atoms with Crippen LogP contribution in [0.2, 0.25) is 0 Å². The van der Waals surface area contributed by atoms with Gasteiger partial charge in [-0.1, -0.05) is 0 Å². The first-order chi connectivity index (χ1) is 14.9. The molecule has 1 aliphatic carbocycles. The zero-order valence-corrected chi connectivity index (χ0v) is 17.3. The third kappa shape index (κ3) is 4.49. The molecule has 158 valence electrons. The summed E-state index contributed by atoms with van der Waals surface area (Å²) < 4.78 is 18.5. The van der Waals surface area contributed by atoms with E-state index in [9.17, 15) is 18.8 Å². The van der Waals surface area contributed by atoms with Crippen molar-refractivity contribution in [1.29, 1.82) is 0 Å². The molecule has 0 fully saturated rings. The number of ether oxygens (including phenoxy) is 1. The molecule has 0 atom stereocenters. The second kappa shape index (κ2) is 8.69. The number of aryl methyl sites for hydroxylation is 1. The number of nitrogens with one attached hydrogen (secondary N) is 1. The molecule has 3 aromatic rings. The smallest absolute Gasteiger partial charge is 0.262 e. The molecule has 31 heavy (non-hydrogen) atoms. The molecule has 2 aromatic carbocycles. The van der Waals surface area contributed by atoms with Crippen LogP contribution in [0.15, 0.2) is 48.5 Å². The minimum Gasteiger partial charge on any atom is -0.484 e. The Balaban J connectivity index is 1.36. The highest BCUT2D eigenvalue weighted by molar-refractivity contribution is 7.17. The van der Waals surface area contributed by atoms with E-state index in [0.29, 0.717) is 27.4 Å². The fourth-order valence-corrected chi connectivity index (χ4v) is 4.85. The zero-order valence-electron chi connectivity index (χ0n) is 16.4. The van der Waals surface area contributed by atoms with Crippen molar-refractivity contribution in [1.82, 2.24) is 0 Å². The van der Waals surface area contributed by atoms with Gasteiger partial charge in [-0.2, -0.15) is 0 Å². The summed E-state index contributed by atoms with van der Waals surface area (Å²) in [5, 5.41) is 3.18. The monoisotopic (exact) mass is 438 g/mol. The van der Waals surface area contributed by atoms with E-state index in [0.717, 1.165) is 29.7 Å². The molecular weight excluding hydrogens is 419 g/mol. The first-order valence-electron chi connectivity index (χ1n) is 9.69. The summed E-state index contributed by atoms with van der Waals surface area (Å²) in [5.41, 5.74) is 7.63. The van der Waals surface area contributed by atoms with Gasteiger partial charge in [0.1, 0.15) is 16.6 Å². The molecule has 8 heteroatoms. The summed E-state index contributed by atoms with van der Waals surface area (Å²) in [7, 11) is 0. The Morgan fingerprint density at radius 2 is 1.65 bits per heavy atom. The minimum atomic E-state index is -0.544. The van der Waals surface area contributed by atoms with Crippen LogP contribution < -0.4 is 15.8 Å². The van der Waals surface area contributed by atoms with Gasteiger partial charge in [0.05, 0.1) is 5.56 Å². The van der Waals surface area contributed by atoms with Crippen molar-refractivity contribution >= 4 is 33.9 Å². The molecule has 1 heterocycles. The van der Waals surface area contributed by atoms with Crippen LogP contribution in [-0.2, 0) is 17.6 Å². The Morgan fingerprint density at radius 1 is 1.00 bits per heavy atom. The highest BCUT2D eigenvalue weighted by Crippen LogP contribution is 2.38. The van der Waals surface area contributed by atoms with Gasteiger partial charge in [-0.05, 0) is 73.4 Å². The fraction of sp³-hybridized carbons (Fsp3) is 0.174. The number of fused-ring (bicyclic) bond motifs is 1. The molecule has 1 aliphatic rings. The van der Waals surface area contributed by atoms with Gasteiger partial charge in [-0.25, -0.2) is 4.39 Å². The van der Waals surface area contributed by atoms with Gasteiger partial charge >= 0.3 is 0 Å². The van der Waals surface area contributed by atoms with Gasteiger partial charge in [0.15, 0.2) is 12.4 Å². The quantitative estimate of drug-likeness (QED) is 0.549. The van der Waals surface area contributed by atoms with Gasteiger partial charge < -0.3 is 15.8 Å². The number of primary amides is 1. The minimum absolute atomic E-state index is 0.242. The predicted octanol–water partition coefficient (Wildman–Crippen LogP) is 3.72. The van der Waals surface area contributed by atoms with E-state index in [1.165, 1.54) is 35.6 Å². The predicted molar refractivity (Wildman–Crippen MR) is 115 cm³/mol. The Hall–Kier alpha value is -3.52. The van der Waals surface area contributed by atoms with Crippen molar-refractivity contribution in [2.24, 2.45) is 5.73 Å². The average Bonchev–Trinajstić information content (AvgIpc) is 3.33. The van der Waals surface area contributed by atoms with Crippen LogP contribution in [0.4, 0.5) is 9.39 Å². The molecule has 0 saturated carbocycles. The molecule has 2 amide bonds. The first-order valence-corrected chi connectivity index (χ1v) is 10.5. The van der Waals surface area contributed by atoms with Crippen molar-refractivity contribution in [2.45, 2.75) is 19.3 Å². The molecule has 4 rings (SSSR count). The van der Waals surface area contributed by atoms with E-state index >= 15 is 0 Å². The number of thiophene rings is 1. The number of amides is 2. The molecule has 0 aliphatic heterocycles. The number of benzene rings is 2. The Morgan fingerprint density at radius 3 is 2.29 bits per heavy atom. The van der Waals surface area contributed by atoms with Crippen LogP contribution in [-0.4, -0.2) is 24.2 Å². The SMILES string of the molecule is NC(=O)c1c(NC(=O)COc2ccc(C(=O)c3ccc(F)cc3)cc2)sc2c1CCC2. The maximum atomic E-state index is 13.0. The summed E-state index contributed by atoms with van der Waals surface area (Å²) in [6.45, 7) is -0.258. The molecule has 0 unspecified atom stereocenters. The second-order valence-corrected chi connectivity index (χ2v) is 8.23. The summed E-state index contributed by atoms with van der Waals surface area (Å²) >= 11 is 1.38. The fourth-order valence-electron chi connectivity index (χ4n) is 3.54. The van der Waals surface area contributed by atoms with Gasteiger partial charge in [0.2, 0.25) is 0 Å². The third-order valence-electron chi connectivity index (χ3n) is 5.01. The van der Waals surface area contributed by atoms with Crippen LogP contribution in [0.1, 0.15) is 43.1 Å². The number of carbonyl (C=O) groups is 3. The molecule has 3 N–H and O–H groups in total. The maximum absolute atomic E-state index is 13.0. The lowest BCUT2D eigenvalue weighted by molar-refractivity contribution is -0.118. The van der Waals surface area contributed by atoms with Crippen molar-refractivity contribution in [3.05, 3.63) is 81.5 Å². The molecule has 0 saturated heterocycles. The lowest BCUT2D eigenvalue weighted by Crippen LogP contribution is -2.22. The zero-order chi connectivity index (χ0) is 22.0. The summed E-state index contributed by atoms with van der Waals surface area (Å²) in [6.07, 6.45) is 2.66. The van der Waals surface area contributed by atoms with E-state index in [2.05, 4.69) is 5.32 Å². The molecule has 1 aromatic heterocycles. The van der Waals surface area contributed by atoms with Gasteiger partial charge in [0.25, 0.3) is 11.8 Å². The van der Waals surface area contributed by atoms with Crippen molar-refractivity contribution in [3.8, 4) is 5.75 Å². The highest BCUT2D eigenvalue weighted by Gasteiger charge is 2.26. The third-order valence-corrected chi connectivity index (χ3v) is 6.22. The largest absolute Gasteiger partial charge is 0.484 e. The van der Waals surface area contributed by atoms with Crippen molar-refractivity contribution in [3.63, 3.8) is 0 Å². The highest BCUT2D eigenvalue weighted by atomic mass is 32.1. The summed E-state index contributed by atoms with van der Waals surface area (Å²) in [5.74, 6) is -1.19. The van der Waals surface area contributed by atoms with Crippen LogP contribution in [0.5, 0.6) is 5.75 Å². The molecule has 0 spiro atoms. The topological polar surface area (TPSA) is 98.5 Å².